The average Bonchev–Trinajstić information content (AvgIpc) is 2.95. The average molecular weight is 261 g/mol. The summed E-state index contributed by atoms with van der Waals surface area (Å²) in [5.74, 6) is -0.765. The quantitative estimate of drug-likeness (QED) is 0.810. The van der Waals surface area contributed by atoms with E-state index < -0.39 is 5.97 Å². The summed E-state index contributed by atoms with van der Waals surface area (Å²) in [5.41, 5.74) is 2.17. The van der Waals surface area contributed by atoms with Crippen LogP contribution in [-0.2, 0) is 17.8 Å². The van der Waals surface area contributed by atoms with Gasteiger partial charge in [-0.05, 0) is 30.0 Å². The van der Waals surface area contributed by atoms with Gasteiger partial charge in [-0.2, -0.15) is 0 Å². The molecule has 0 aliphatic heterocycles. The minimum atomic E-state index is -0.765. The van der Waals surface area contributed by atoms with E-state index in [9.17, 15) is 4.79 Å². The Hall–Kier alpha value is -1.81. The summed E-state index contributed by atoms with van der Waals surface area (Å²) >= 11 is 1.68. The van der Waals surface area contributed by atoms with Gasteiger partial charge in [0.15, 0.2) is 0 Å². The van der Waals surface area contributed by atoms with Crippen molar-refractivity contribution in [3.8, 4) is 10.6 Å². The molecule has 0 fully saturated rings. The summed E-state index contributed by atoms with van der Waals surface area (Å²) in [7, 11) is 0. The molecule has 0 aliphatic rings. The van der Waals surface area contributed by atoms with Gasteiger partial charge < -0.3 is 9.67 Å². The highest BCUT2D eigenvalue weighted by Gasteiger charge is 2.10. The standard InChI is InChI=1S/C14H15NO2S/c1-2-9-15-11(6-8-14(16)17)5-7-12(15)13-4-3-10-18-13/h2-5,7,10H,1,6,8-9H2,(H,16,17). The van der Waals surface area contributed by atoms with Crippen LogP contribution >= 0.6 is 11.3 Å². The van der Waals surface area contributed by atoms with Crippen molar-refractivity contribution in [3.63, 3.8) is 0 Å². The van der Waals surface area contributed by atoms with Gasteiger partial charge in [0.25, 0.3) is 0 Å². The molecule has 3 nitrogen and oxygen atoms in total. The van der Waals surface area contributed by atoms with Gasteiger partial charge in [-0.1, -0.05) is 12.1 Å². The molecular weight excluding hydrogens is 246 g/mol. The predicted octanol–water partition coefficient (Wildman–Crippen LogP) is 3.42. The molecule has 0 saturated carbocycles. The van der Waals surface area contributed by atoms with E-state index in [1.165, 1.54) is 4.88 Å². The van der Waals surface area contributed by atoms with Crippen LogP contribution in [0.5, 0.6) is 0 Å². The van der Waals surface area contributed by atoms with Crippen molar-refractivity contribution in [1.29, 1.82) is 0 Å². The van der Waals surface area contributed by atoms with E-state index in [-0.39, 0.29) is 6.42 Å². The Labute approximate surface area is 110 Å². The number of aryl methyl sites for hydroxylation is 1. The molecule has 0 unspecified atom stereocenters. The summed E-state index contributed by atoms with van der Waals surface area (Å²) in [4.78, 5) is 11.8. The molecule has 0 atom stereocenters. The fraction of sp³-hybridized carbons (Fsp3) is 0.214. The van der Waals surface area contributed by atoms with E-state index in [0.29, 0.717) is 13.0 Å². The zero-order chi connectivity index (χ0) is 13.0. The van der Waals surface area contributed by atoms with Crippen LogP contribution < -0.4 is 0 Å². The second kappa shape index (κ2) is 5.69. The minimum Gasteiger partial charge on any atom is -0.481 e. The van der Waals surface area contributed by atoms with Crippen LogP contribution in [0.1, 0.15) is 12.1 Å². The topological polar surface area (TPSA) is 42.2 Å². The van der Waals surface area contributed by atoms with Crippen LogP contribution in [0.25, 0.3) is 10.6 Å². The zero-order valence-corrected chi connectivity index (χ0v) is 10.8. The second-order valence-corrected chi connectivity index (χ2v) is 4.93. The maximum atomic E-state index is 10.6. The number of carbonyl (C=O) groups is 1. The molecule has 2 rings (SSSR count). The molecule has 0 aliphatic carbocycles. The third-order valence-corrected chi connectivity index (χ3v) is 3.64. The molecule has 2 aromatic rings. The van der Waals surface area contributed by atoms with Gasteiger partial charge in [0.05, 0.1) is 17.0 Å². The van der Waals surface area contributed by atoms with Crippen molar-refractivity contribution in [2.75, 3.05) is 0 Å². The third kappa shape index (κ3) is 2.71. The lowest BCUT2D eigenvalue weighted by atomic mass is 10.2. The van der Waals surface area contributed by atoms with Gasteiger partial charge in [0.2, 0.25) is 0 Å². The number of nitrogens with zero attached hydrogens (tertiary/aromatic N) is 1. The number of allylic oxidation sites excluding steroid dienone is 1. The molecule has 2 aromatic heterocycles. The van der Waals surface area contributed by atoms with Gasteiger partial charge in [-0.15, -0.1) is 17.9 Å². The first-order valence-corrected chi connectivity index (χ1v) is 6.65. The van der Waals surface area contributed by atoms with Crippen LogP contribution in [-0.4, -0.2) is 15.6 Å². The minimum absolute atomic E-state index is 0.158. The van der Waals surface area contributed by atoms with Crippen LogP contribution in [0.15, 0.2) is 42.3 Å². The SMILES string of the molecule is C=CCn1c(CCC(=O)O)ccc1-c1cccs1. The number of hydrogen-bond acceptors (Lipinski definition) is 2. The molecule has 1 N–H and O–H groups in total. The second-order valence-electron chi connectivity index (χ2n) is 3.98. The van der Waals surface area contributed by atoms with Crippen LogP contribution in [0.4, 0.5) is 0 Å². The van der Waals surface area contributed by atoms with Crippen molar-refractivity contribution in [1.82, 2.24) is 4.57 Å². The highest BCUT2D eigenvalue weighted by molar-refractivity contribution is 7.13. The Kier molecular flexibility index (Phi) is 3.99. The van der Waals surface area contributed by atoms with Crippen molar-refractivity contribution in [2.24, 2.45) is 0 Å². The predicted molar refractivity (Wildman–Crippen MR) is 73.9 cm³/mol. The highest BCUT2D eigenvalue weighted by atomic mass is 32.1. The highest BCUT2D eigenvalue weighted by Crippen LogP contribution is 2.27. The summed E-state index contributed by atoms with van der Waals surface area (Å²) < 4.78 is 2.13. The van der Waals surface area contributed by atoms with Gasteiger partial charge in [-0.3, -0.25) is 4.79 Å². The van der Waals surface area contributed by atoms with Gasteiger partial charge in [0.1, 0.15) is 0 Å². The van der Waals surface area contributed by atoms with E-state index >= 15 is 0 Å². The Bertz CT molecular complexity index is 540. The maximum Gasteiger partial charge on any atom is 0.303 e. The lowest BCUT2D eigenvalue weighted by Crippen LogP contribution is -2.05. The van der Waals surface area contributed by atoms with E-state index in [4.69, 9.17) is 5.11 Å². The molecule has 18 heavy (non-hydrogen) atoms. The summed E-state index contributed by atoms with van der Waals surface area (Å²) in [6.07, 6.45) is 2.54. The van der Waals surface area contributed by atoms with E-state index in [1.54, 1.807) is 11.3 Å². The Morgan fingerprint density at radius 2 is 2.28 bits per heavy atom. The largest absolute Gasteiger partial charge is 0.481 e. The molecule has 0 spiro atoms. The van der Waals surface area contributed by atoms with Crippen LogP contribution in [0, 0.1) is 0 Å². The molecular formula is C14H15NO2S. The van der Waals surface area contributed by atoms with Crippen molar-refractivity contribution >= 4 is 17.3 Å². The van der Waals surface area contributed by atoms with E-state index in [2.05, 4.69) is 17.2 Å². The normalized spacial score (nSPS) is 10.4. The lowest BCUT2D eigenvalue weighted by molar-refractivity contribution is -0.136. The van der Waals surface area contributed by atoms with Crippen molar-refractivity contribution in [2.45, 2.75) is 19.4 Å². The summed E-state index contributed by atoms with van der Waals surface area (Å²) in [5, 5.41) is 10.8. The third-order valence-electron chi connectivity index (χ3n) is 2.75. The number of thiophene rings is 1. The van der Waals surface area contributed by atoms with Gasteiger partial charge >= 0.3 is 5.97 Å². The van der Waals surface area contributed by atoms with Crippen molar-refractivity contribution in [3.05, 3.63) is 48.0 Å². The molecule has 2 heterocycles. The molecule has 4 heteroatoms. The molecule has 94 valence electrons. The summed E-state index contributed by atoms with van der Waals surface area (Å²) in [6, 6.07) is 8.14. The van der Waals surface area contributed by atoms with E-state index in [1.807, 2.05) is 29.7 Å². The molecule has 0 aromatic carbocycles. The number of aromatic nitrogens is 1. The molecule has 0 saturated heterocycles. The summed E-state index contributed by atoms with van der Waals surface area (Å²) in [6.45, 7) is 4.46. The monoisotopic (exact) mass is 261 g/mol. The Balaban J connectivity index is 2.31. The first kappa shape index (κ1) is 12.6. The van der Waals surface area contributed by atoms with E-state index in [0.717, 1.165) is 11.4 Å². The van der Waals surface area contributed by atoms with Crippen LogP contribution in [0.3, 0.4) is 0 Å². The number of aliphatic carboxylic acids is 1. The number of carboxylic acids is 1. The molecule has 0 amide bonds. The fourth-order valence-electron chi connectivity index (χ4n) is 1.95. The molecule has 0 bridgehead atoms. The Morgan fingerprint density at radius 3 is 2.89 bits per heavy atom. The zero-order valence-electron chi connectivity index (χ0n) is 10.0. The fourth-order valence-corrected chi connectivity index (χ4v) is 2.71. The Morgan fingerprint density at radius 1 is 1.44 bits per heavy atom. The number of rotatable bonds is 6. The smallest absolute Gasteiger partial charge is 0.303 e. The molecule has 0 radical (unpaired) electrons. The lowest BCUT2D eigenvalue weighted by Gasteiger charge is -2.09. The maximum absolute atomic E-state index is 10.6. The first-order valence-electron chi connectivity index (χ1n) is 5.77. The first-order chi connectivity index (χ1) is 8.72. The van der Waals surface area contributed by atoms with Gasteiger partial charge in [0, 0.05) is 12.2 Å². The van der Waals surface area contributed by atoms with Crippen molar-refractivity contribution < 1.29 is 9.90 Å². The number of hydrogen-bond donors (Lipinski definition) is 1. The number of carboxylic acid groups (broad SMARTS) is 1. The van der Waals surface area contributed by atoms with Crippen LogP contribution in [0.2, 0.25) is 0 Å². The van der Waals surface area contributed by atoms with Gasteiger partial charge in [-0.25, -0.2) is 0 Å².